The molecule has 8 aromatic rings. The van der Waals surface area contributed by atoms with Crippen molar-refractivity contribution in [2.24, 2.45) is 0 Å². The number of benzene rings is 8. The third-order valence-corrected chi connectivity index (χ3v) is 10.2. The summed E-state index contributed by atoms with van der Waals surface area (Å²) in [4.78, 5) is 2.38. The van der Waals surface area contributed by atoms with Crippen molar-refractivity contribution in [1.82, 2.24) is 0 Å². The van der Waals surface area contributed by atoms with E-state index in [9.17, 15) is 0 Å². The Morgan fingerprint density at radius 1 is 0.396 bits per heavy atom. The summed E-state index contributed by atoms with van der Waals surface area (Å²) >= 11 is 0. The van der Waals surface area contributed by atoms with Gasteiger partial charge in [-0.05, 0) is 103 Å². The summed E-state index contributed by atoms with van der Waals surface area (Å²) in [5, 5.41) is 5.12. The van der Waals surface area contributed by atoms with Gasteiger partial charge in [-0.15, -0.1) is 0 Å². The molecule has 0 heterocycles. The number of para-hydroxylation sites is 2. The highest BCUT2D eigenvalue weighted by Gasteiger charge is 2.36. The van der Waals surface area contributed by atoms with E-state index < -0.39 is 0 Å². The van der Waals surface area contributed by atoms with Crippen LogP contribution in [0.1, 0.15) is 25.0 Å². The Morgan fingerprint density at radius 2 is 1.00 bits per heavy atom. The van der Waals surface area contributed by atoms with Crippen molar-refractivity contribution in [1.29, 1.82) is 0 Å². The van der Waals surface area contributed by atoms with Crippen LogP contribution in [0.2, 0.25) is 0 Å². The van der Waals surface area contributed by atoms with Crippen molar-refractivity contribution in [3.63, 3.8) is 0 Å². The monoisotopic (exact) mass is 613 g/mol. The quantitative estimate of drug-likeness (QED) is 0.187. The maximum atomic E-state index is 2.38. The normalized spacial score (nSPS) is 13.0. The van der Waals surface area contributed by atoms with Crippen LogP contribution in [0.4, 0.5) is 17.1 Å². The summed E-state index contributed by atoms with van der Waals surface area (Å²) in [6, 6.07) is 64.3. The van der Waals surface area contributed by atoms with Gasteiger partial charge in [-0.25, -0.2) is 0 Å². The van der Waals surface area contributed by atoms with E-state index in [0.717, 1.165) is 17.1 Å². The molecule has 0 bridgehead atoms. The average Bonchev–Trinajstić information content (AvgIpc) is 3.38. The Morgan fingerprint density at radius 3 is 1.83 bits per heavy atom. The molecule has 0 saturated heterocycles. The van der Waals surface area contributed by atoms with Crippen LogP contribution >= 0.6 is 0 Å². The molecule has 0 unspecified atom stereocenters. The predicted molar refractivity (Wildman–Crippen MR) is 205 cm³/mol. The molecule has 0 saturated carbocycles. The van der Waals surface area contributed by atoms with Gasteiger partial charge in [0.15, 0.2) is 0 Å². The Bertz CT molecular complexity index is 2470. The van der Waals surface area contributed by atoms with Crippen LogP contribution in [0, 0.1) is 0 Å². The van der Waals surface area contributed by atoms with E-state index in [1.165, 1.54) is 66.1 Å². The molecule has 1 aliphatic rings. The zero-order chi connectivity index (χ0) is 32.2. The molecule has 48 heavy (non-hydrogen) atoms. The average molecular weight is 614 g/mol. The zero-order valence-corrected chi connectivity index (χ0v) is 27.2. The molecule has 228 valence electrons. The lowest BCUT2D eigenvalue weighted by atomic mass is 9.80. The fourth-order valence-corrected chi connectivity index (χ4v) is 7.88. The smallest absolute Gasteiger partial charge is 0.0540 e. The number of rotatable bonds is 5. The molecule has 0 fully saturated rings. The molecule has 0 radical (unpaired) electrons. The molecule has 1 heteroatoms. The summed E-state index contributed by atoms with van der Waals surface area (Å²) in [6.45, 7) is 4.73. The highest BCUT2D eigenvalue weighted by molar-refractivity contribution is 6.00. The summed E-state index contributed by atoms with van der Waals surface area (Å²) in [7, 11) is 0. The molecule has 0 spiro atoms. The van der Waals surface area contributed by atoms with E-state index in [-0.39, 0.29) is 5.41 Å². The Balaban J connectivity index is 1.15. The van der Waals surface area contributed by atoms with Crippen LogP contribution in [-0.2, 0) is 5.41 Å². The molecule has 0 aromatic heterocycles. The number of nitrogens with zero attached hydrogens (tertiary/aromatic N) is 1. The Labute approximate surface area is 282 Å². The predicted octanol–water partition coefficient (Wildman–Crippen LogP) is 13.1. The molecule has 1 nitrogen and oxygen atoms in total. The summed E-state index contributed by atoms with van der Waals surface area (Å²) in [6.07, 6.45) is 0. The Kier molecular flexibility index (Phi) is 6.55. The first-order chi connectivity index (χ1) is 23.6. The van der Waals surface area contributed by atoms with E-state index in [2.05, 4.69) is 195 Å². The minimum atomic E-state index is -0.0476. The molecule has 8 aromatic carbocycles. The first-order valence-corrected chi connectivity index (χ1v) is 16.8. The second-order valence-corrected chi connectivity index (χ2v) is 13.4. The lowest BCUT2D eigenvalue weighted by Crippen LogP contribution is -2.15. The molecule has 1 aliphatic carbocycles. The lowest BCUT2D eigenvalue weighted by Gasteiger charge is -2.28. The number of hydrogen-bond donors (Lipinski definition) is 0. The third-order valence-electron chi connectivity index (χ3n) is 10.2. The third kappa shape index (κ3) is 4.54. The van der Waals surface area contributed by atoms with Gasteiger partial charge in [0, 0.05) is 22.4 Å². The Hall–Kier alpha value is -5.92. The summed E-state index contributed by atoms with van der Waals surface area (Å²) < 4.78 is 0. The van der Waals surface area contributed by atoms with E-state index in [1.54, 1.807) is 0 Å². The number of hydrogen-bond acceptors (Lipinski definition) is 1. The number of fused-ring (bicyclic) bond motifs is 6. The minimum Gasteiger partial charge on any atom is -0.310 e. The first-order valence-electron chi connectivity index (χ1n) is 16.8. The fraction of sp³-hybridized carbons (Fsp3) is 0.0638. The van der Waals surface area contributed by atoms with Gasteiger partial charge in [0.1, 0.15) is 0 Å². The van der Waals surface area contributed by atoms with Crippen molar-refractivity contribution < 1.29 is 0 Å². The van der Waals surface area contributed by atoms with Crippen molar-refractivity contribution in [3.05, 3.63) is 187 Å². The zero-order valence-electron chi connectivity index (χ0n) is 27.2. The van der Waals surface area contributed by atoms with E-state index >= 15 is 0 Å². The van der Waals surface area contributed by atoms with Gasteiger partial charge < -0.3 is 4.90 Å². The second-order valence-electron chi connectivity index (χ2n) is 13.4. The van der Waals surface area contributed by atoms with Crippen LogP contribution in [0.3, 0.4) is 0 Å². The fourth-order valence-electron chi connectivity index (χ4n) is 7.88. The van der Waals surface area contributed by atoms with Crippen LogP contribution in [0.25, 0.3) is 54.9 Å². The standard InChI is InChI=1S/C47H35N/c1-47(2)44-18-10-8-17-42(44)43-29-25-37-31-36(24-28-41(37)46(43)47)40-16-9-11-19-45(40)48(38-14-4-3-5-15-38)39-26-22-33(23-27-39)35-21-20-32-12-6-7-13-34(32)30-35/h3-31H,1-2H3. The molecule has 9 rings (SSSR count). The maximum absolute atomic E-state index is 2.38. The van der Waals surface area contributed by atoms with Gasteiger partial charge in [0.05, 0.1) is 5.69 Å². The van der Waals surface area contributed by atoms with E-state index in [0.29, 0.717) is 0 Å². The van der Waals surface area contributed by atoms with E-state index in [1.807, 2.05) is 0 Å². The molecule has 0 atom stereocenters. The van der Waals surface area contributed by atoms with Crippen LogP contribution in [-0.4, -0.2) is 0 Å². The summed E-state index contributed by atoms with van der Waals surface area (Å²) in [5.74, 6) is 0. The van der Waals surface area contributed by atoms with Crippen molar-refractivity contribution in [2.75, 3.05) is 4.90 Å². The van der Waals surface area contributed by atoms with Gasteiger partial charge in [0.25, 0.3) is 0 Å². The van der Waals surface area contributed by atoms with Crippen molar-refractivity contribution in [3.8, 4) is 33.4 Å². The minimum absolute atomic E-state index is 0.0476. The number of anilines is 3. The van der Waals surface area contributed by atoms with Gasteiger partial charge in [-0.2, -0.15) is 0 Å². The second kappa shape index (κ2) is 11.1. The van der Waals surface area contributed by atoms with Gasteiger partial charge in [-0.1, -0.05) is 147 Å². The van der Waals surface area contributed by atoms with Gasteiger partial charge in [0.2, 0.25) is 0 Å². The van der Waals surface area contributed by atoms with Crippen LogP contribution < -0.4 is 4.90 Å². The van der Waals surface area contributed by atoms with Crippen molar-refractivity contribution >= 4 is 38.6 Å². The van der Waals surface area contributed by atoms with E-state index in [4.69, 9.17) is 0 Å². The SMILES string of the molecule is CC1(C)c2ccccc2-c2ccc3cc(-c4ccccc4N(c4ccccc4)c4ccc(-c5ccc6ccccc6c5)cc4)ccc3c21. The van der Waals surface area contributed by atoms with Gasteiger partial charge >= 0.3 is 0 Å². The van der Waals surface area contributed by atoms with Crippen LogP contribution in [0.15, 0.2) is 176 Å². The summed E-state index contributed by atoms with van der Waals surface area (Å²) in [5.41, 5.74) is 13.7. The van der Waals surface area contributed by atoms with Crippen LogP contribution in [0.5, 0.6) is 0 Å². The first kappa shape index (κ1) is 28.3. The molecule has 0 N–H and O–H groups in total. The lowest BCUT2D eigenvalue weighted by molar-refractivity contribution is 0.666. The molecular formula is C47H35N. The molecular weight excluding hydrogens is 579 g/mol. The van der Waals surface area contributed by atoms with Crippen molar-refractivity contribution in [2.45, 2.75) is 19.3 Å². The highest BCUT2D eigenvalue weighted by atomic mass is 15.1. The largest absolute Gasteiger partial charge is 0.310 e. The van der Waals surface area contributed by atoms with Gasteiger partial charge in [-0.3, -0.25) is 0 Å². The topological polar surface area (TPSA) is 3.24 Å². The highest BCUT2D eigenvalue weighted by Crippen LogP contribution is 2.51. The molecule has 0 aliphatic heterocycles. The molecule has 0 amide bonds. The maximum Gasteiger partial charge on any atom is 0.0540 e.